The van der Waals surface area contributed by atoms with E-state index in [4.69, 9.17) is 24.1 Å². The highest BCUT2D eigenvalue weighted by Crippen LogP contribution is 2.28. The van der Waals surface area contributed by atoms with Gasteiger partial charge in [0.1, 0.15) is 10.2 Å². The average molecular weight is 278 g/mol. The fraction of sp³-hybridized carbons (Fsp3) is 0.600. The number of methoxy groups -OCH3 is 3. The average Bonchev–Trinajstić information content (AvgIpc) is 2.34. The molecule has 0 saturated carbocycles. The van der Waals surface area contributed by atoms with Gasteiger partial charge in [0, 0.05) is 33.5 Å². The zero-order valence-electron chi connectivity index (χ0n) is 11.1. The van der Waals surface area contributed by atoms with Gasteiger partial charge in [-0.05, 0) is 6.92 Å². The second kappa shape index (κ2) is 6.64. The Morgan fingerprint density at radius 3 is 1.94 bits per heavy atom. The van der Waals surface area contributed by atoms with E-state index in [1.807, 2.05) is 0 Å². The van der Waals surface area contributed by atoms with Crippen molar-refractivity contribution in [3.05, 3.63) is 12.2 Å². The molecule has 0 aliphatic rings. The quantitative estimate of drug-likeness (QED) is 0.272. The molecule has 0 radical (unpaired) electrons. The summed E-state index contributed by atoms with van der Waals surface area (Å²) in [5, 5.41) is 8.40. The van der Waals surface area contributed by atoms with Crippen LogP contribution in [0.5, 0.6) is 0 Å². The molecule has 0 rings (SSSR count). The molecule has 0 amide bonds. The van der Waals surface area contributed by atoms with Gasteiger partial charge in [-0.2, -0.15) is 0 Å². The molecule has 0 bridgehead atoms. The van der Waals surface area contributed by atoms with Crippen molar-refractivity contribution in [2.75, 3.05) is 21.3 Å². The normalized spacial score (nSPS) is 15.6. The topological polar surface area (TPSA) is 91.3 Å². The largest absolute Gasteiger partial charge is 0.478 e. The maximum atomic E-state index is 11.5. The number of hydrogen-bond acceptors (Lipinski definition) is 6. The maximum absolute atomic E-state index is 11.5. The van der Waals surface area contributed by atoms with Gasteiger partial charge in [0.15, 0.2) is 0 Å². The van der Waals surface area contributed by atoms with Gasteiger partial charge in [-0.25, -0.2) is 9.59 Å². The lowest BCUT2D eigenvalue weighted by Gasteiger charge is -2.41. The van der Waals surface area contributed by atoms with Crippen molar-refractivity contribution in [1.29, 1.82) is 0 Å². The molecule has 18 heavy (non-hydrogen) atoms. The van der Waals surface area contributed by atoms with Crippen LogP contribution in [0.4, 0.5) is 0 Å². The first-order valence-electron chi connectivity index (χ1n) is 5.04. The third kappa shape index (κ3) is 3.91. The molecule has 0 spiro atoms. The zero-order valence-corrected chi connectivity index (χ0v) is 13.1. The summed E-state index contributed by atoms with van der Waals surface area (Å²) in [6.45, 7) is 1.55. The van der Waals surface area contributed by atoms with Gasteiger partial charge < -0.3 is 24.1 Å². The number of hydrogen-bond donors (Lipinski definition) is 1. The molecule has 7 nitrogen and oxygen atoms in total. The minimum atomic E-state index is -1.39. The lowest BCUT2D eigenvalue weighted by molar-refractivity contribution is -0.336. The van der Waals surface area contributed by atoms with Crippen molar-refractivity contribution in [3.63, 3.8) is 0 Å². The summed E-state index contributed by atoms with van der Waals surface area (Å²) >= 11 is 0. The van der Waals surface area contributed by atoms with Gasteiger partial charge >= 0.3 is 11.9 Å². The monoisotopic (exact) mass is 278 g/mol. The van der Waals surface area contributed by atoms with Crippen LogP contribution < -0.4 is 0 Å². The molecule has 8 heteroatoms. The van der Waals surface area contributed by atoms with Crippen LogP contribution in [0.3, 0.4) is 0 Å². The van der Waals surface area contributed by atoms with Gasteiger partial charge in [0.2, 0.25) is 11.2 Å². The summed E-state index contributed by atoms with van der Waals surface area (Å²) in [5.41, 5.74) is -1.39. The van der Waals surface area contributed by atoms with E-state index in [0.717, 1.165) is 6.08 Å². The molecule has 104 valence electrons. The first-order valence-corrected chi connectivity index (χ1v) is 6.04. The second-order valence-corrected chi connectivity index (χ2v) is 4.91. The van der Waals surface area contributed by atoms with E-state index in [1.165, 1.54) is 21.3 Å². The Morgan fingerprint density at radius 2 is 1.61 bits per heavy atom. The number of carbonyl (C=O) groups is 2. The minimum Gasteiger partial charge on any atom is -0.478 e. The third-order valence-corrected chi connectivity index (χ3v) is 4.17. The van der Waals surface area contributed by atoms with Crippen LogP contribution in [0.15, 0.2) is 12.2 Å². The van der Waals surface area contributed by atoms with E-state index < -0.39 is 23.1 Å². The Balaban J connectivity index is 4.97. The van der Waals surface area contributed by atoms with Gasteiger partial charge in [-0.3, -0.25) is 0 Å². The van der Waals surface area contributed by atoms with Crippen molar-refractivity contribution < 1.29 is 33.6 Å². The molecule has 1 atom stereocenters. The maximum Gasteiger partial charge on any atom is 0.333 e. The molecular weight excluding hydrogens is 260 g/mol. The highest BCUT2D eigenvalue weighted by Gasteiger charge is 2.49. The molecule has 0 aromatic carbocycles. The molecule has 1 unspecified atom stereocenters. The predicted molar refractivity (Wildman–Crippen MR) is 65.0 cm³/mol. The molecule has 0 fully saturated rings. The molecule has 0 saturated heterocycles. The van der Waals surface area contributed by atoms with Gasteiger partial charge in [0.25, 0.3) is 0 Å². The van der Waals surface area contributed by atoms with Crippen molar-refractivity contribution in [2.45, 2.75) is 18.1 Å². The van der Waals surface area contributed by atoms with Crippen molar-refractivity contribution in [3.8, 4) is 0 Å². The molecule has 0 aliphatic carbocycles. The molecule has 0 aromatic rings. The van der Waals surface area contributed by atoms with E-state index in [0.29, 0.717) is 6.08 Å². The SMILES string of the molecule is COC(C)(OC)C([SiH3])(OC)OC(=O)/C=C/C(=O)O. The number of carboxylic acid groups (broad SMARTS) is 1. The number of carboxylic acids is 1. The fourth-order valence-corrected chi connectivity index (χ4v) is 1.75. The summed E-state index contributed by atoms with van der Waals surface area (Å²) in [7, 11) is 4.37. The number of carbonyl (C=O) groups excluding carboxylic acids is 1. The Kier molecular flexibility index (Phi) is 6.19. The molecule has 1 N–H and O–H groups in total. The second-order valence-electron chi connectivity index (χ2n) is 3.60. The summed E-state index contributed by atoms with van der Waals surface area (Å²) in [4.78, 5) is 21.7. The Bertz CT molecular complexity index is 337. The van der Waals surface area contributed by atoms with Crippen LogP contribution in [0.2, 0.25) is 0 Å². The highest BCUT2D eigenvalue weighted by molar-refractivity contribution is 6.15. The van der Waals surface area contributed by atoms with Crippen molar-refractivity contribution >= 4 is 22.2 Å². The number of esters is 1. The zero-order chi connectivity index (χ0) is 14.4. The summed E-state index contributed by atoms with van der Waals surface area (Å²) in [6.07, 6.45) is 1.47. The van der Waals surface area contributed by atoms with Crippen molar-refractivity contribution in [2.24, 2.45) is 0 Å². The van der Waals surface area contributed by atoms with E-state index >= 15 is 0 Å². The van der Waals surface area contributed by atoms with Crippen LogP contribution in [-0.2, 0) is 28.5 Å². The standard InChI is InChI=1S/C10H18O7Si/c1-9(14-2,15-3)10(18,16-4)17-8(13)6-5-7(11)12/h5-6H,1-4,18H3,(H,11,12)/b6-5+. The summed E-state index contributed by atoms with van der Waals surface area (Å²) in [6, 6.07) is 0. The van der Waals surface area contributed by atoms with Crippen molar-refractivity contribution in [1.82, 2.24) is 0 Å². The van der Waals surface area contributed by atoms with E-state index in [-0.39, 0.29) is 10.2 Å². The van der Waals surface area contributed by atoms with Gasteiger partial charge in [-0.1, -0.05) is 0 Å². The van der Waals surface area contributed by atoms with Crippen LogP contribution in [0.1, 0.15) is 6.92 Å². The van der Waals surface area contributed by atoms with Crippen LogP contribution in [0, 0.1) is 0 Å². The minimum absolute atomic E-state index is 0.251. The Hall–Kier alpha value is -1.22. The molecular formula is C10H18O7Si. The molecule has 0 aliphatic heterocycles. The predicted octanol–water partition coefficient (Wildman–Crippen LogP) is -1.15. The van der Waals surface area contributed by atoms with E-state index in [1.54, 1.807) is 6.92 Å². The van der Waals surface area contributed by atoms with Crippen LogP contribution in [0.25, 0.3) is 0 Å². The van der Waals surface area contributed by atoms with Crippen LogP contribution in [-0.4, -0.2) is 59.8 Å². The third-order valence-electron chi connectivity index (χ3n) is 2.65. The van der Waals surface area contributed by atoms with E-state index in [2.05, 4.69) is 0 Å². The summed E-state index contributed by atoms with van der Waals surface area (Å²) < 4.78 is 20.5. The lowest BCUT2D eigenvalue weighted by atomic mass is 10.3. The highest BCUT2D eigenvalue weighted by atomic mass is 28.1. The molecule has 0 aromatic heterocycles. The Morgan fingerprint density at radius 1 is 1.11 bits per heavy atom. The Labute approximate surface area is 108 Å². The number of aliphatic carboxylic acids is 1. The van der Waals surface area contributed by atoms with Crippen LogP contribution >= 0.6 is 0 Å². The van der Waals surface area contributed by atoms with Gasteiger partial charge in [0.05, 0.1) is 0 Å². The first-order chi connectivity index (χ1) is 8.24. The summed E-state index contributed by atoms with van der Waals surface area (Å²) in [5.74, 6) is -3.38. The number of rotatable bonds is 7. The molecule has 0 heterocycles. The number of ether oxygens (including phenoxy) is 4. The van der Waals surface area contributed by atoms with Gasteiger partial charge in [-0.15, -0.1) is 0 Å². The fourth-order valence-electron chi connectivity index (χ4n) is 1.14. The first kappa shape index (κ1) is 16.8. The lowest BCUT2D eigenvalue weighted by Crippen LogP contribution is -2.59. The van der Waals surface area contributed by atoms with E-state index in [9.17, 15) is 9.59 Å². The smallest absolute Gasteiger partial charge is 0.333 e.